The monoisotopic (exact) mass is 538 g/mol. The van der Waals surface area contributed by atoms with Crippen LogP contribution in [0, 0.1) is 6.92 Å². The van der Waals surface area contributed by atoms with Crippen LogP contribution in [0.4, 0.5) is 5.82 Å². The number of carbonyl (C=O) groups is 1. The molecule has 3 heterocycles. The van der Waals surface area contributed by atoms with Crippen molar-refractivity contribution in [2.75, 3.05) is 4.90 Å². The third-order valence-electron chi connectivity index (χ3n) is 6.13. The highest BCUT2D eigenvalue weighted by Crippen LogP contribution is 2.41. The quantitative estimate of drug-likeness (QED) is 0.251. The fourth-order valence-corrected chi connectivity index (χ4v) is 4.83. The molecule has 0 fully saturated rings. The molecule has 0 N–H and O–H groups in total. The summed E-state index contributed by atoms with van der Waals surface area (Å²) in [6, 6.07) is 24.9. The van der Waals surface area contributed by atoms with Crippen LogP contribution >= 0.6 is 15.9 Å². The summed E-state index contributed by atoms with van der Waals surface area (Å²) in [5.41, 5.74) is 2.05. The summed E-state index contributed by atoms with van der Waals surface area (Å²) in [6.45, 7) is 1.93. The molecule has 0 aliphatic carbocycles. The summed E-state index contributed by atoms with van der Waals surface area (Å²) in [5, 5.41) is 0.399. The first kappa shape index (κ1) is 22.2. The summed E-state index contributed by atoms with van der Waals surface area (Å²) in [6.07, 6.45) is 1.69. The SMILES string of the molecule is Cc1ccc(N2C(=O)c3oc4ccc(Br)cc4c(=O)c3C2c2cccc(Oc3ccccc3)c2)nc1. The van der Waals surface area contributed by atoms with Crippen LogP contribution in [-0.2, 0) is 0 Å². The Morgan fingerprint density at radius 2 is 1.72 bits per heavy atom. The van der Waals surface area contributed by atoms with Gasteiger partial charge < -0.3 is 9.15 Å². The van der Waals surface area contributed by atoms with Gasteiger partial charge in [-0.05, 0) is 66.6 Å². The number of rotatable bonds is 4. The number of para-hydroxylation sites is 1. The highest BCUT2D eigenvalue weighted by molar-refractivity contribution is 9.10. The van der Waals surface area contributed by atoms with Gasteiger partial charge >= 0.3 is 0 Å². The largest absolute Gasteiger partial charge is 0.457 e. The van der Waals surface area contributed by atoms with Crippen LogP contribution in [0.25, 0.3) is 11.0 Å². The van der Waals surface area contributed by atoms with Crippen LogP contribution in [0.5, 0.6) is 11.5 Å². The van der Waals surface area contributed by atoms with Gasteiger partial charge in [0.2, 0.25) is 5.76 Å². The van der Waals surface area contributed by atoms with E-state index in [4.69, 9.17) is 9.15 Å². The van der Waals surface area contributed by atoms with Crippen molar-refractivity contribution in [3.05, 3.63) is 128 Å². The molecule has 6 rings (SSSR count). The number of aromatic nitrogens is 1. The second kappa shape index (κ2) is 8.77. The maximum atomic E-state index is 13.8. The van der Waals surface area contributed by atoms with Gasteiger partial charge in [0.1, 0.15) is 22.9 Å². The molecule has 176 valence electrons. The van der Waals surface area contributed by atoms with E-state index in [2.05, 4.69) is 20.9 Å². The van der Waals surface area contributed by atoms with Crippen molar-refractivity contribution in [1.29, 1.82) is 0 Å². The van der Waals surface area contributed by atoms with Crippen LogP contribution in [0.1, 0.15) is 33.3 Å². The van der Waals surface area contributed by atoms with Crippen LogP contribution < -0.4 is 15.1 Å². The molecule has 5 aromatic rings. The van der Waals surface area contributed by atoms with Gasteiger partial charge in [0.25, 0.3) is 5.91 Å². The first-order valence-electron chi connectivity index (χ1n) is 11.3. The number of hydrogen-bond donors (Lipinski definition) is 0. The van der Waals surface area contributed by atoms with Crippen molar-refractivity contribution in [2.45, 2.75) is 13.0 Å². The van der Waals surface area contributed by atoms with Crippen LogP contribution in [0.3, 0.4) is 0 Å². The predicted octanol–water partition coefficient (Wildman–Crippen LogP) is 6.80. The number of amides is 1. The van der Waals surface area contributed by atoms with Crippen molar-refractivity contribution >= 4 is 38.6 Å². The van der Waals surface area contributed by atoms with Gasteiger partial charge in [-0.25, -0.2) is 4.98 Å². The fourth-order valence-electron chi connectivity index (χ4n) is 4.47. The number of pyridine rings is 1. The van der Waals surface area contributed by atoms with Gasteiger partial charge in [-0.1, -0.05) is 52.3 Å². The third kappa shape index (κ3) is 3.78. The minimum Gasteiger partial charge on any atom is -0.457 e. The lowest BCUT2D eigenvalue weighted by Gasteiger charge is -2.24. The molecule has 36 heavy (non-hydrogen) atoms. The smallest absolute Gasteiger partial charge is 0.296 e. The van der Waals surface area contributed by atoms with Gasteiger partial charge in [-0.2, -0.15) is 0 Å². The maximum absolute atomic E-state index is 13.8. The zero-order valence-electron chi connectivity index (χ0n) is 19.1. The van der Waals surface area contributed by atoms with E-state index in [0.717, 1.165) is 10.0 Å². The third-order valence-corrected chi connectivity index (χ3v) is 6.62. The van der Waals surface area contributed by atoms with E-state index in [9.17, 15) is 9.59 Å². The summed E-state index contributed by atoms with van der Waals surface area (Å²) in [7, 11) is 0. The number of nitrogens with zero attached hydrogens (tertiary/aromatic N) is 2. The Labute approximate surface area is 214 Å². The number of aryl methyl sites for hydroxylation is 1. The lowest BCUT2D eigenvalue weighted by Crippen LogP contribution is -2.30. The van der Waals surface area contributed by atoms with E-state index in [0.29, 0.717) is 33.8 Å². The van der Waals surface area contributed by atoms with E-state index in [1.54, 1.807) is 30.5 Å². The summed E-state index contributed by atoms with van der Waals surface area (Å²) in [4.78, 5) is 33.5. The fraction of sp³-hybridized carbons (Fsp3) is 0.0690. The molecule has 2 aromatic heterocycles. The molecule has 1 aliphatic rings. The lowest BCUT2D eigenvalue weighted by atomic mass is 9.98. The number of benzene rings is 3. The minimum absolute atomic E-state index is 0.0246. The number of ether oxygens (including phenoxy) is 1. The molecule has 0 bridgehead atoms. The average molecular weight is 539 g/mol. The van der Waals surface area contributed by atoms with Crippen LogP contribution in [0.2, 0.25) is 0 Å². The van der Waals surface area contributed by atoms with Crippen molar-refractivity contribution in [1.82, 2.24) is 4.98 Å². The van der Waals surface area contributed by atoms with E-state index in [-0.39, 0.29) is 16.8 Å². The van der Waals surface area contributed by atoms with E-state index < -0.39 is 11.9 Å². The standard InChI is InChI=1S/C29H19BrN2O4/c1-17-10-13-24(31-16-17)32-26(18-6-5-9-21(14-18)35-20-7-3-2-4-8-20)25-27(33)22-15-19(30)11-12-23(22)36-28(25)29(32)34/h2-16,26H,1H3. The molecule has 0 radical (unpaired) electrons. The molecule has 1 aliphatic heterocycles. The number of halogens is 1. The van der Waals surface area contributed by atoms with Crippen molar-refractivity contribution < 1.29 is 13.9 Å². The Morgan fingerprint density at radius 1 is 0.917 bits per heavy atom. The van der Waals surface area contributed by atoms with Crippen LogP contribution in [-0.4, -0.2) is 10.9 Å². The molecule has 1 atom stereocenters. The van der Waals surface area contributed by atoms with E-state index in [1.807, 2.05) is 67.6 Å². The topological polar surface area (TPSA) is 72.6 Å². The maximum Gasteiger partial charge on any atom is 0.296 e. The molecule has 7 heteroatoms. The Bertz CT molecular complexity index is 1680. The van der Waals surface area contributed by atoms with E-state index >= 15 is 0 Å². The molecule has 1 unspecified atom stereocenters. The molecule has 6 nitrogen and oxygen atoms in total. The normalized spacial score (nSPS) is 14.8. The van der Waals surface area contributed by atoms with Gasteiger partial charge in [0.05, 0.1) is 17.0 Å². The molecular formula is C29H19BrN2O4. The second-order valence-corrected chi connectivity index (χ2v) is 9.49. The molecule has 0 spiro atoms. The predicted molar refractivity (Wildman–Crippen MR) is 141 cm³/mol. The Balaban J connectivity index is 1.55. The van der Waals surface area contributed by atoms with Crippen LogP contribution in [0.15, 0.2) is 105 Å². The molecule has 0 saturated heterocycles. The summed E-state index contributed by atoms with van der Waals surface area (Å²) >= 11 is 3.43. The van der Waals surface area contributed by atoms with Crippen molar-refractivity contribution in [3.8, 4) is 11.5 Å². The van der Waals surface area contributed by atoms with E-state index in [1.165, 1.54) is 4.90 Å². The average Bonchev–Trinajstić information content (AvgIpc) is 3.18. The number of hydrogen-bond acceptors (Lipinski definition) is 5. The first-order valence-corrected chi connectivity index (χ1v) is 12.1. The minimum atomic E-state index is -0.735. The van der Waals surface area contributed by atoms with Crippen molar-refractivity contribution in [3.63, 3.8) is 0 Å². The Hall–Kier alpha value is -4.23. The van der Waals surface area contributed by atoms with Gasteiger partial charge in [-0.3, -0.25) is 14.5 Å². The van der Waals surface area contributed by atoms with Gasteiger partial charge in [-0.15, -0.1) is 0 Å². The zero-order valence-corrected chi connectivity index (χ0v) is 20.7. The lowest BCUT2D eigenvalue weighted by molar-refractivity contribution is 0.0970. The highest BCUT2D eigenvalue weighted by Gasteiger charge is 2.44. The molecule has 0 saturated carbocycles. The number of anilines is 1. The summed E-state index contributed by atoms with van der Waals surface area (Å²) in [5.74, 6) is 1.31. The first-order chi connectivity index (χ1) is 17.5. The highest BCUT2D eigenvalue weighted by atomic mass is 79.9. The molecular weight excluding hydrogens is 520 g/mol. The Kier molecular flexibility index (Phi) is 5.42. The van der Waals surface area contributed by atoms with Crippen molar-refractivity contribution in [2.24, 2.45) is 0 Å². The number of fused-ring (bicyclic) bond motifs is 2. The second-order valence-electron chi connectivity index (χ2n) is 8.57. The molecule has 1 amide bonds. The zero-order chi connectivity index (χ0) is 24.8. The van der Waals surface area contributed by atoms with Gasteiger partial charge in [0.15, 0.2) is 5.43 Å². The summed E-state index contributed by atoms with van der Waals surface area (Å²) < 4.78 is 12.8. The number of carbonyl (C=O) groups excluding carboxylic acids is 1. The molecule has 3 aromatic carbocycles. The Morgan fingerprint density at radius 3 is 2.50 bits per heavy atom. The van der Waals surface area contributed by atoms with Gasteiger partial charge in [0, 0.05) is 10.7 Å².